The molecule has 7 nitrogen and oxygen atoms in total. The zero-order valence-corrected chi connectivity index (χ0v) is 23.5. The molecule has 1 saturated carbocycles. The summed E-state index contributed by atoms with van der Waals surface area (Å²) in [4.78, 5) is 23.7. The zero-order chi connectivity index (χ0) is 27.3. The standard InChI is InChI=1S/C31H40N4O3/c1-20-8-7-9-23(16-20)21(2)32-27-25-17-24(10-11-26(25)33-22(3)34-27)31(37)18-30(19-31)12-14-35(15-13-30)28(36)38-29(4,5)6/h7-11,16-17,21,37H,12-15,18-19H2,1-6H3,(H,32,33,34)/t21-/m1/s1. The molecule has 5 rings (SSSR count). The van der Waals surface area contributed by atoms with Gasteiger partial charge in [0.1, 0.15) is 17.2 Å². The Hall–Kier alpha value is -3.19. The number of nitrogens with one attached hydrogen (secondary N) is 1. The maximum Gasteiger partial charge on any atom is 0.410 e. The fourth-order valence-electron chi connectivity index (χ4n) is 6.11. The number of rotatable bonds is 4. The number of anilines is 1. The van der Waals surface area contributed by atoms with Crippen molar-refractivity contribution in [2.45, 2.75) is 84.5 Å². The number of nitrogens with zero attached hydrogens (tertiary/aromatic N) is 3. The highest BCUT2D eigenvalue weighted by Crippen LogP contribution is 2.59. The Morgan fingerprint density at radius 2 is 1.79 bits per heavy atom. The second-order valence-electron chi connectivity index (χ2n) is 12.5. The van der Waals surface area contributed by atoms with E-state index < -0.39 is 11.2 Å². The Morgan fingerprint density at radius 3 is 2.45 bits per heavy atom. The number of benzene rings is 2. The lowest BCUT2D eigenvalue weighted by Crippen LogP contribution is -2.55. The van der Waals surface area contributed by atoms with Gasteiger partial charge in [-0.3, -0.25) is 0 Å². The molecule has 0 bridgehead atoms. The van der Waals surface area contributed by atoms with E-state index in [-0.39, 0.29) is 17.6 Å². The minimum Gasteiger partial charge on any atom is -0.444 e. The number of aryl methyl sites for hydroxylation is 2. The van der Waals surface area contributed by atoms with Crippen LogP contribution in [0.4, 0.5) is 10.6 Å². The second kappa shape index (κ2) is 9.53. The fraction of sp³-hybridized carbons (Fsp3) is 0.516. The molecule has 3 aromatic rings. The largest absolute Gasteiger partial charge is 0.444 e. The second-order valence-corrected chi connectivity index (χ2v) is 12.5. The number of aliphatic hydroxyl groups is 1. The van der Waals surface area contributed by atoms with E-state index in [1.165, 1.54) is 11.1 Å². The monoisotopic (exact) mass is 516 g/mol. The average molecular weight is 517 g/mol. The van der Waals surface area contributed by atoms with Crippen LogP contribution in [0.5, 0.6) is 0 Å². The van der Waals surface area contributed by atoms with Crippen LogP contribution in [0.1, 0.15) is 81.9 Å². The van der Waals surface area contributed by atoms with Crippen molar-refractivity contribution < 1.29 is 14.6 Å². The Morgan fingerprint density at radius 1 is 1.08 bits per heavy atom. The van der Waals surface area contributed by atoms with Crippen LogP contribution >= 0.6 is 0 Å². The summed E-state index contributed by atoms with van der Waals surface area (Å²) in [5, 5.41) is 16.2. The lowest BCUT2D eigenvalue weighted by Gasteiger charge is -2.56. The van der Waals surface area contributed by atoms with Crippen LogP contribution in [0.15, 0.2) is 42.5 Å². The number of carbonyl (C=O) groups excluding carboxylic acids is 1. The average Bonchev–Trinajstić information content (AvgIpc) is 2.82. The lowest BCUT2D eigenvalue weighted by atomic mass is 9.53. The first-order valence-corrected chi connectivity index (χ1v) is 13.7. The molecule has 1 aliphatic carbocycles. The van der Waals surface area contributed by atoms with Gasteiger partial charge in [-0.2, -0.15) is 0 Å². The molecule has 1 atom stereocenters. The fourth-order valence-corrected chi connectivity index (χ4v) is 6.11. The van der Waals surface area contributed by atoms with E-state index in [1.807, 2.05) is 39.8 Å². The topological polar surface area (TPSA) is 87.6 Å². The SMILES string of the molecule is Cc1cccc([C@@H](C)Nc2nc(C)nc3ccc(C4(O)CC5(CCN(C(=O)OC(C)(C)C)CC5)C4)cc23)c1. The maximum atomic E-state index is 12.5. The van der Waals surface area contributed by atoms with E-state index in [1.54, 1.807) is 4.90 Å². The minimum absolute atomic E-state index is 0.0623. The first kappa shape index (κ1) is 26.4. The molecule has 1 amide bonds. The van der Waals surface area contributed by atoms with Crippen molar-refractivity contribution in [3.8, 4) is 0 Å². The number of fused-ring (bicyclic) bond motifs is 1. The molecule has 1 spiro atoms. The Labute approximate surface area is 225 Å². The van der Waals surface area contributed by atoms with Gasteiger partial charge in [0.15, 0.2) is 0 Å². The summed E-state index contributed by atoms with van der Waals surface area (Å²) in [7, 11) is 0. The summed E-state index contributed by atoms with van der Waals surface area (Å²) in [5.74, 6) is 1.49. The molecule has 1 aliphatic heterocycles. The molecule has 2 N–H and O–H groups in total. The first-order chi connectivity index (χ1) is 17.8. The number of hydrogen-bond donors (Lipinski definition) is 2. The number of carbonyl (C=O) groups is 1. The van der Waals surface area contributed by atoms with Crippen LogP contribution in [0.25, 0.3) is 10.9 Å². The van der Waals surface area contributed by atoms with Crippen molar-refractivity contribution in [1.82, 2.24) is 14.9 Å². The molecule has 7 heteroatoms. The molecule has 1 saturated heterocycles. The van der Waals surface area contributed by atoms with Gasteiger partial charge in [0, 0.05) is 24.5 Å². The molecule has 2 fully saturated rings. The van der Waals surface area contributed by atoms with Crippen molar-refractivity contribution >= 4 is 22.8 Å². The highest BCUT2D eigenvalue weighted by molar-refractivity contribution is 5.90. The van der Waals surface area contributed by atoms with Gasteiger partial charge in [-0.25, -0.2) is 14.8 Å². The molecule has 2 aliphatic rings. The van der Waals surface area contributed by atoms with Crippen molar-refractivity contribution in [1.29, 1.82) is 0 Å². The van der Waals surface area contributed by atoms with Gasteiger partial charge < -0.3 is 20.1 Å². The highest BCUT2D eigenvalue weighted by atomic mass is 16.6. The Kier molecular flexibility index (Phi) is 6.62. The summed E-state index contributed by atoms with van der Waals surface area (Å²) in [6, 6.07) is 14.6. The van der Waals surface area contributed by atoms with E-state index in [2.05, 4.69) is 54.5 Å². The van der Waals surface area contributed by atoms with Gasteiger partial charge in [0.2, 0.25) is 0 Å². The predicted molar refractivity (Wildman–Crippen MR) is 150 cm³/mol. The molecule has 0 unspecified atom stereocenters. The summed E-state index contributed by atoms with van der Waals surface area (Å²) in [5.41, 5.74) is 2.88. The summed E-state index contributed by atoms with van der Waals surface area (Å²) in [6.45, 7) is 13.1. The number of amides is 1. The molecule has 38 heavy (non-hydrogen) atoms. The summed E-state index contributed by atoms with van der Waals surface area (Å²) < 4.78 is 5.55. The van der Waals surface area contributed by atoms with Crippen molar-refractivity contribution in [3.05, 3.63) is 65.0 Å². The van der Waals surface area contributed by atoms with Gasteiger partial charge in [0.05, 0.1) is 11.1 Å². The number of ether oxygens (including phenoxy) is 1. The number of piperidine rings is 1. The van der Waals surface area contributed by atoms with E-state index in [4.69, 9.17) is 9.72 Å². The van der Waals surface area contributed by atoms with Gasteiger partial charge >= 0.3 is 6.09 Å². The molecule has 2 heterocycles. The van der Waals surface area contributed by atoms with Crippen LogP contribution in [0.3, 0.4) is 0 Å². The summed E-state index contributed by atoms with van der Waals surface area (Å²) >= 11 is 0. The highest BCUT2D eigenvalue weighted by Gasteiger charge is 2.55. The van der Waals surface area contributed by atoms with Crippen molar-refractivity contribution in [2.24, 2.45) is 5.41 Å². The van der Waals surface area contributed by atoms with Crippen LogP contribution < -0.4 is 5.32 Å². The van der Waals surface area contributed by atoms with Gasteiger partial charge in [-0.1, -0.05) is 35.9 Å². The maximum absolute atomic E-state index is 12.5. The van der Waals surface area contributed by atoms with Crippen molar-refractivity contribution in [3.63, 3.8) is 0 Å². The Balaban J connectivity index is 1.32. The van der Waals surface area contributed by atoms with Gasteiger partial charge in [0.25, 0.3) is 0 Å². The smallest absolute Gasteiger partial charge is 0.410 e. The molecule has 0 radical (unpaired) electrons. The van der Waals surface area contributed by atoms with Crippen molar-refractivity contribution in [2.75, 3.05) is 18.4 Å². The number of aromatic nitrogens is 2. The normalized spacial score (nSPS) is 19.2. The molecule has 202 valence electrons. The molecule has 2 aromatic carbocycles. The Bertz CT molecular complexity index is 1350. The van der Waals surface area contributed by atoms with Gasteiger partial charge in [-0.15, -0.1) is 0 Å². The molecular weight excluding hydrogens is 476 g/mol. The van der Waals surface area contributed by atoms with E-state index in [0.717, 1.165) is 35.1 Å². The minimum atomic E-state index is -0.882. The lowest BCUT2D eigenvalue weighted by molar-refractivity contribution is -0.154. The zero-order valence-electron chi connectivity index (χ0n) is 23.5. The third-order valence-electron chi connectivity index (χ3n) is 8.05. The van der Waals surface area contributed by atoms with E-state index in [9.17, 15) is 9.90 Å². The van der Waals surface area contributed by atoms with E-state index in [0.29, 0.717) is 31.8 Å². The predicted octanol–water partition coefficient (Wildman–Crippen LogP) is 6.42. The number of hydrogen-bond acceptors (Lipinski definition) is 6. The third-order valence-corrected chi connectivity index (χ3v) is 8.05. The quantitative estimate of drug-likeness (QED) is 0.416. The molecular formula is C31H40N4O3. The van der Waals surface area contributed by atoms with Crippen LogP contribution in [0, 0.1) is 19.3 Å². The number of likely N-dealkylation sites (tertiary alicyclic amines) is 1. The summed E-state index contributed by atoms with van der Waals surface area (Å²) in [6.07, 6.45) is 2.91. The van der Waals surface area contributed by atoms with Crippen LogP contribution in [-0.4, -0.2) is 44.8 Å². The third kappa shape index (κ3) is 5.35. The van der Waals surface area contributed by atoms with Crippen LogP contribution in [0.2, 0.25) is 0 Å². The molecule has 1 aromatic heterocycles. The van der Waals surface area contributed by atoms with E-state index >= 15 is 0 Å². The first-order valence-electron chi connectivity index (χ1n) is 13.7. The van der Waals surface area contributed by atoms with Gasteiger partial charge in [-0.05, 0) is 95.9 Å². The van der Waals surface area contributed by atoms with Crippen LogP contribution in [-0.2, 0) is 10.3 Å².